The monoisotopic (exact) mass is 223 g/mol. The first-order valence-corrected chi connectivity index (χ1v) is 6.76. The van der Waals surface area contributed by atoms with Crippen LogP contribution >= 0.6 is 7.37 Å². The second-order valence-electron chi connectivity index (χ2n) is 3.36. The van der Waals surface area contributed by atoms with Crippen LogP contribution in [0.4, 0.5) is 0 Å². The molecule has 0 saturated carbocycles. The number of hydrogen-bond donors (Lipinski definition) is 1. The van der Waals surface area contributed by atoms with Crippen LogP contribution < -0.4 is 0 Å². The van der Waals surface area contributed by atoms with Gasteiger partial charge in [0.2, 0.25) is 7.37 Å². The standard InChI is InChI=1S/C11H14NO2P/c1-2-15(13,14)11(8-9-12)10-6-4-3-5-7-10/h3-7,11H,2,8H2,1H3,(H,13,14). The first-order valence-electron chi connectivity index (χ1n) is 4.85. The molecule has 80 valence electrons. The molecule has 1 N–H and O–H groups in total. The maximum Gasteiger partial charge on any atom is 0.208 e. The zero-order valence-corrected chi connectivity index (χ0v) is 9.52. The van der Waals surface area contributed by atoms with Crippen molar-refractivity contribution >= 4 is 7.37 Å². The molecule has 0 amide bonds. The van der Waals surface area contributed by atoms with E-state index >= 15 is 0 Å². The molecule has 0 fully saturated rings. The van der Waals surface area contributed by atoms with Crippen LogP contribution in [0.1, 0.15) is 24.6 Å². The normalized spacial score (nSPS) is 16.3. The molecule has 4 heteroatoms. The van der Waals surface area contributed by atoms with Crippen LogP contribution in [0.3, 0.4) is 0 Å². The first-order chi connectivity index (χ1) is 7.11. The lowest BCUT2D eigenvalue weighted by Crippen LogP contribution is -2.01. The van der Waals surface area contributed by atoms with E-state index in [-0.39, 0.29) is 12.6 Å². The Morgan fingerprint density at radius 3 is 2.53 bits per heavy atom. The molecule has 0 aliphatic carbocycles. The average Bonchev–Trinajstić information content (AvgIpc) is 2.27. The third kappa shape index (κ3) is 2.92. The fourth-order valence-electron chi connectivity index (χ4n) is 1.48. The van der Waals surface area contributed by atoms with Gasteiger partial charge in [0.15, 0.2) is 0 Å². The number of hydrogen-bond acceptors (Lipinski definition) is 2. The first kappa shape index (κ1) is 12.0. The van der Waals surface area contributed by atoms with Gasteiger partial charge in [0.25, 0.3) is 0 Å². The van der Waals surface area contributed by atoms with Crippen LogP contribution in [-0.2, 0) is 4.57 Å². The largest absolute Gasteiger partial charge is 0.344 e. The van der Waals surface area contributed by atoms with Crippen molar-refractivity contribution in [3.05, 3.63) is 35.9 Å². The van der Waals surface area contributed by atoms with Crippen molar-refractivity contribution in [2.24, 2.45) is 0 Å². The van der Waals surface area contributed by atoms with Gasteiger partial charge >= 0.3 is 0 Å². The summed E-state index contributed by atoms with van der Waals surface area (Å²) in [7, 11) is -3.24. The highest BCUT2D eigenvalue weighted by molar-refractivity contribution is 7.58. The van der Waals surface area contributed by atoms with Gasteiger partial charge in [0.1, 0.15) is 0 Å². The molecule has 0 saturated heterocycles. The molecule has 0 heterocycles. The Bertz CT molecular complexity index is 397. The van der Waals surface area contributed by atoms with E-state index in [2.05, 4.69) is 0 Å². The maximum absolute atomic E-state index is 11.9. The fourth-order valence-corrected chi connectivity index (χ4v) is 2.92. The quantitative estimate of drug-likeness (QED) is 0.798. The summed E-state index contributed by atoms with van der Waals surface area (Å²) in [5, 5.41) is 8.67. The SMILES string of the molecule is CCP(=O)(O)C(CC#N)c1ccccc1. The van der Waals surface area contributed by atoms with Crippen molar-refractivity contribution < 1.29 is 9.46 Å². The van der Waals surface area contributed by atoms with Crippen molar-refractivity contribution in [3.63, 3.8) is 0 Å². The molecule has 1 rings (SSSR count). The topological polar surface area (TPSA) is 61.1 Å². The Balaban J connectivity index is 3.05. The Morgan fingerprint density at radius 1 is 1.47 bits per heavy atom. The van der Waals surface area contributed by atoms with Gasteiger partial charge in [0, 0.05) is 6.16 Å². The van der Waals surface area contributed by atoms with Crippen LogP contribution in [0.25, 0.3) is 0 Å². The fraction of sp³-hybridized carbons (Fsp3) is 0.364. The van der Waals surface area contributed by atoms with Crippen LogP contribution in [0.2, 0.25) is 0 Å². The lowest BCUT2D eigenvalue weighted by molar-refractivity contribution is 0.465. The number of nitrogens with zero attached hydrogens (tertiary/aromatic N) is 1. The molecule has 3 nitrogen and oxygen atoms in total. The Morgan fingerprint density at radius 2 is 2.07 bits per heavy atom. The predicted octanol–water partition coefficient (Wildman–Crippen LogP) is 2.93. The van der Waals surface area contributed by atoms with Gasteiger partial charge in [-0.3, -0.25) is 4.57 Å². The van der Waals surface area contributed by atoms with Gasteiger partial charge in [-0.05, 0) is 5.56 Å². The van der Waals surface area contributed by atoms with E-state index in [1.54, 1.807) is 19.1 Å². The van der Waals surface area contributed by atoms with Crippen LogP contribution in [0.15, 0.2) is 30.3 Å². The number of nitriles is 1. The summed E-state index contributed by atoms with van der Waals surface area (Å²) in [6, 6.07) is 11.0. The average molecular weight is 223 g/mol. The summed E-state index contributed by atoms with van der Waals surface area (Å²) in [4.78, 5) is 9.77. The van der Waals surface area contributed by atoms with Gasteiger partial charge < -0.3 is 4.89 Å². The summed E-state index contributed by atoms with van der Waals surface area (Å²) >= 11 is 0. The second-order valence-corrected chi connectivity index (χ2v) is 6.13. The van der Waals surface area contributed by atoms with Crippen LogP contribution in [0, 0.1) is 11.3 Å². The van der Waals surface area contributed by atoms with Crippen LogP contribution in [-0.4, -0.2) is 11.1 Å². The zero-order chi connectivity index (χ0) is 11.3. The van der Waals surface area contributed by atoms with Gasteiger partial charge in [-0.1, -0.05) is 37.3 Å². The molecule has 0 aromatic heterocycles. The molecule has 1 aromatic carbocycles. The Labute approximate surface area is 89.8 Å². The summed E-state index contributed by atoms with van der Waals surface area (Å²) in [6.45, 7) is 1.67. The van der Waals surface area contributed by atoms with E-state index < -0.39 is 13.0 Å². The Hall–Kier alpha value is -1.10. The van der Waals surface area contributed by atoms with E-state index in [9.17, 15) is 9.46 Å². The summed E-state index contributed by atoms with van der Waals surface area (Å²) in [5.74, 6) is 0. The van der Waals surface area contributed by atoms with Crippen molar-refractivity contribution in [2.45, 2.75) is 19.0 Å². The molecule has 2 atom stereocenters. The third-order valence-corrected chi connectivity index (χ3v) is 4.77. The van der Waals surface area contributed by atoms with Crippen LogP contribution in [0.5, 0.6) is 0 Å². The van der Waals surface area contributed by atoms with Gasteiger partial charge in [-0.25, -0.2) is 0 Å². The van der Waals surface area contributed by atoms with Crippen molar-refractivity contribution in [3.8, 4) is 6.07 Å². The van der Waals surface area contributed by atoms with Crippen molar-refractivity contribution in [2.75, 3.05) is 6.16 Å². The molecule has 0 bridgehead atoms. The highest BCUT2D eigenvalue weighted by Gasteiger charge is 2.29. The lowest BCUT2D eigenvalue weighted by atomic mass is 10.1. The minimum Gasteiger partial charge on any atom is -0.344 e. The highest BCUT2D eigenvalue weighted by Crippen LogP contribution is 2.56. The van der Waals surface area contributed by atoms with E-state index in [0.717, 1.165) is 5.56 Å². The molecular weight excluding hydrogens is 209 g/mol. The lowest BCUT2D eigenvalue weighted by Gasteiger charge is -2.19. The van der Waals surface area contributed by atoms with Crippen molar-refractivity contribution in [1.29, 1.82) is 5.26 Å². The van der Waals surface area contributed by atoms with Gasteiger partial charge in [-0.15, -0.1) is 0 Å². The zero-order valence-electron chi connectivity index (χ0n) is 8.63. The Kier molecular flexibility index (Phi) is 4.08. The van der Waals surface area contributed by atoms with E-state index in [1.807, 2.05) is 24.3 Å². The minimum absolute atomic E-state index is 0.0889. The molecule has 2 unspecified atom stereocenters. The predicted molar refractivity (Wildman–Crippen MR) is 59.8 cm³/mol. The van der Waals surface area contributed by atoms with Gasteiger partial charge in [-0.2, -0.15) is 5.26 Å². The second kappa shape index (κ2) is 5.11. The molecule has 0 aliphatic heterocycles. The molecular formula is C11H14NO2P. The van der Waals surface area contributed by atoms with E-state index in [1.165, 1.54) is 0 Å². The van der Waals surface area contributed by atoms with E-state index in [4.69, 9.17) is 5.26 Å². The number of benzene rings is 1. The minimum atomic E-state index is -3.24. The smallest absolute Gasteiger partial charge is 0.208 e. The van der Waals surface area contributed by atoms with E-state index in [0.29, 0.717) is 0 Å². The maximum atomic E-state index is 11.9. The molecule has 0 spiro atoms. The molecule has 1 aromatic rings. The summed E-state index contributed by atoms with van der Waals surface area (Å²) in [6.07, 6.45) is 0.292. The number of rotatable bonds is 4. The highest BCUT2D eigenvalue weighted by atomic mass is 31.2. The van der Waals surface area contributed by atoms with Crippen molar-refractivity contribution in [1.82, 2.24) is 0 Å². The molecule has 15 heavy (non-hydrogen) atoms. The molecule has 0 aliphatic rings. The summed E-state index contributed by atoms with van der Waals surface area (Å²) in [5.41, 5.74) is 0.223. The summed E-state index contributed by atoms with van der Waals surface area (Å²) < 4.78 is 11.9. The van der Waals surface area contributed by atoms with Gasteiger partial charge in [0.05, 0.1) is 18.1 Å². The molecule has 0 radical (unpaired) electrons. The third-order valence-electron chi connectivity index (χ3n) is 2.41.